The van der Waals surface area contributed by atoms with Crippen LogP contribution < -0.4 is 16.6 Å². The van der Waals surface area contributed by atoms with Gasteiger partial charge >= 0.3 is 0 Å². The number of carbonyl (C=O) groups is 1. The molecule has 170 valence electrons. The van der Waals surface area contributed by atoms with Gasteiger partial charge in [-0.1, -0.05) is 24.3 Å². The lowest BCUT2D eigenvalue weighted by Crippen LogP contribution is -2.25. The fourth-order valence-corrected chi connectivity index (χ4v) is 3.65. The van der Waals surface area contributed by atoms with Gasteiger partial charge < -0.3 is 20.7 Å². The van der Waals surface area contributed by atoms with Gasteiger partial charge in [0, 0.05) is 48.1 Å². The second kappa shape index (κ2) is 9.48. The first-order chi connectivity index (χ1) is 15.9. The Morgan fingerprint density at radius 3 is 2.64 bits per heavy atom. The van der Waals surface area contributed by atoms with Crippen molar-refractivity contribution in [1.82, 2.24) is 19.9 Å². The van der Waals surface area contributed by atoms with E-state index in [1.54, 1.807) is 23.0 Å². The van der Waals surface area contributed by atoms with Crippen molar-refractivity contribution in [2.45, 2.75) is 25.9 Å². The van der Waals surface area contributed by atoms with Gasteiger partial charge in [-0.25, -0.2) is 4.98 Å². The standard InChI is InChI=1S/C25H27N5O3/c1-27-11-17-2-4-18(5-3-17)20(26)10-23(32)22-13-28-12-21(29-22)19-6-7-24(33)30(14-19)15-25(16-31)8-9-25/h2-7,10,12-14,27,31H,8-9,11,15-16,26H2,1H3. The van der Waals surface area contributed by atoms with E-state index in [0.29, 0.717) is 23.5 Å². The van der Waals surface area contributed by atoms with Crippen LogP contribution in [0.3, 0.4) is 0 Å². The van der Waals surface area contributed by atoms with Gasteiger partial charge in [0.25, 0.3) is 5.56 Å². The molecule has 0 spiro atoms. The molecule has 0 unspecified atom stereocenters. The number of hydrogen-bond donors (Lipinski definition) is 3. The highest BCUT2D eigenvalue weighted by Gasteiger charge is 2.42. The summed E-state index contributed by atoms with van der Waals surface area (Å²) in [6.07, 6.45) is 7.79. The number of aromatic nitrogens is 3. The van der Waals surface area contributed by atoms with Crippen LogP contribution in [0.4, 0.5) is 0 Å². The monoisotopic (exact) mass is 445 g/mol. The fourth-order valence-electron chi connectivity index (χ4n) is 3.65. The Bertz CT molecular complexity index is 1240. The Morgan fingerprint density at radius 1 is 1.21 bits per heavy atom. The second-order valence-corrected chi connectivity index (χ2v) is 8.52. The number of nitrogens with two attached hydrogens (primary N) is 1. The average molecular weight is 446 g/mol. The predicted octanol–water partition coefficient (Wildman–Crippen LogP) is 1.98. The summed E-state index contributed by atoms with van der Waals surface area (Å²) in [7, 11) is 1.88. The molecule has 3 aromatic rings. The van der Waals surface area contributed by atoms with Gasteiger partial charge in [0.05, 0.1) is 24.7 Å². The maximum absolute atomic E-state index is 12.8. The normalized spacial score (nSPS) is 14.8. The number of ketones is 1. The van der Waals surface area contributed by atoms with Crippen LogP contribution >= 0.6 is 0 Å². The van der Waals surface area contributed by atoms with Crippen LogP contribution in [0, 0.1) is 5.41 Å². The number of nitrogens with one attached hydrogen (secondary N) is 1. The van der Waals surface area contributed by atoms with E-state index in [0.717, 1.165) is 30.5 Å². The van der Waals surface area contributed by atoms with Crippen molar-refractivity contribution >= 4 is 11.5 Å². The van der Waals surface area contributed by atoms with Crippen LogP contribution in [0.1, 0.15) is 34.5 Å². The molecule has 2 heterocycles. The molecule has 1 aliphatic rings. The van der Waals surface area contributed by atoms with Gasteiger partial charge in [-0.2, -0.15) is 0 Å². The molecule has 1 saturated carbocycles. The molecule has 2 aromatic heterocycles. The van der Waals surface area contributed by atoms with Crippen molar-refractivity contribution < 1.29 is 9.90 Å². The molecule has 33 heavy (non-hydrogen) atoms. The molecule has 4 N–H and O–H groups in total. The van der Waals surface area contributed by atoms with Gasteiger partial charge in [-0.3, -0.25) is 14.6 Å². The summed E-state index contributed by atoms with van der Waals surface area (Å²) in [5.41, 5.74) is 9.30. The molecule has 1 aliphatic carbocycles. The summed E-state index contributed by atoms with van der Waals surface area (Å²) >= 11 is 0. The summed E-state index contributed by atoms with van der Waals surface area (Å²) in [4.78, 5) is 33.7. The number of nitrogens with zero attached hydrogens (tertiary/aromatic N) is 3. The maximum Gasteiger partial charge on any atom is 0.250 e. The Kier molecular flexibility index (Phi) is 6.48. The van der Waals surface area contributed by atoms with E-state index in [1.165, 1.54) is 18.3 Å². The van der Waals surface area contributed by atoms with Gasteiger partial charge in [0.1, 0.15) is 5.69 Å². The van der Waals surface area contributed by atoms with Crippen molar-refractivity contribution in [2.24, 2.45) is 11.1 Å². The minimum Gasteiger partial charge on any atom is -0.398 e. The number of rotatable bonds is 9. The van der Waals surface area contributed by atoms with E-state index < -0.39 is 0 Å². The van der Waals surface area contributed by atoms with E-state index in [4.69, 9.17) is 5.73 Å². The first-order valence-corrected chi connectivity index (χ1v) is 10.8. The third-order valence-electron chi connectivity index (χ3n) is 5.92. The maximum atomic E-state index is 12.8. The lowest BCUT2D eigenvalue weighted by Gasteiger charge is -2.14. The van der Waals surface area contributed by atoms with Crippen molar-refractivity contribution in [3.05, 3.63) is 88.2 Å². The number of hydrogen-bond acceptors (Lipinski definition) is 7. The lowest BCUT2D eigenvalue weighted by atomic mass is 10.1. The van der Waals surface area contributed by atoms with Crippen molar-refractivity contribution in [1.29, 1.82) is 0 Å². The third-order valence-corrected chi connectivity index (χ3v) is 5.92. The molecule has 0 bridgehead atoms. The molecule has 0 amide bonds. The molecule has 0 atom stereocenters. The van der Waals surface area contributed by atoms with Gasteiger partial charge in [-0.15, -0.1) is 0 Å². The average Bonchev–Trinajstić information content (AvgIpc) is 3.61. The molecule has 1 fully saturated rings. The van der Waals surface area contributed by atoms with Crippen LogP contribution in [-0.4, -0.2) is 39.1 Å². The van der Waals surface area contributed by atoms with E-state index in [2.05, 4.69) is 15.3 Å². The summed E-state index contributed by atoms with van der Waals surface area (Å²) in [6.45, 7) is 1.26. The third kappa shape index (κ3) is 5.24. The largest absolute Gasteiger partial charge is 0.398 e. The number of carbonyl (C=O) groups excluding carboxylic acids is 1. The predicted molar refractivity (Wildman–Crippen MR) is 126 cm³/mol. The van der Waals surface area contributed by atoms with Crippen molar-refractivity contribution in [3.8, 4) is 11.3 Å². The first kappa shape index (κ1) is 22.6. The van der Waals surface area contributed by atoms with E-state index in [-0.39, 0.29) is 29.1 Å². The Hall–Kier alpha value is -3.62. The Labute approximate surface area is 191 Å². The molecule has 0 radical (unpaired) electrons. The minimum atomic E-state index is -0.355. The van der Waals surface area contributed by atoms with Gasteiger partial charge in [-0.05, 0) is 37.1 Å². The smallest absolute Gasteiger partial charge is 0.250 e. The lowest BCUT2D eigenvalue weighted by molar-refractivity contribution is 0.104. The highest BCUT2D eigenvalue weighted by Crippen LogP contribution is 2.46. The molecule has 0 aliphatic heterocycles. The number of pyridine rings is 1. The quantitative estimate of drug-likeness (QED) is 0.340. The van der Waals surface area contributed by atoms with E-state index >= 15 is 0 Å². The molecule has 8 nitrogen and oxygen atoms in total. The highest BCUT2D eigenvalue weighted by molar-refractivity contribution is 6.07. The molecule has 0 saturated heterocycles. The SMILES string of the molecule is CNCc1ccc(C(N)=CC(=O)c2cncc(-c3ccc(=O)n(CC4(CO)CC4)c3)n2)cc1. The van der Waals surface area contributed by atoms with E-state index in [9.17, 15) is 14.7 Å². The van der Waals surface area contributed by atoms with Crippen LogP contribution in [0.25, 0.3) is 17.0 Å². The molecule has 8 heteroatoms. The van der Waals surface area contributed by atoms with Crippen molar-refractivity contribution in [2.75, 3.05) is 13.7 Å². The zero-order chi connectivity index (χ0) is 23.4. The topological polar surface area (TPSA) is 123 Å². The zero-order valence-corrected chi connectivity index (χ0v) is 18.5. The number of aliphatic hydroxyl groups excluding tert-OH is 1. The summed E-state index contributed by atoms with van der Waals surface area (Å²) in [5, 5.41) is 12.7. The Morgan fingerprint density at radius 2 is 1.97 bits per heavy atom. The van der Waals surface area contributed by atoms with E-state index in [1.807, 2.05) is 31.3 Å². The number of benzene rings is 1. The molecular weight excluding hydrogens is 418 g/mol. The Balaban J connectivity index is 1.55. The molecule has 1 aromatic carbocycles. The molecule has 4 rings (SSSR count). The highest BCUT2D eigenvalue weighted by atomic mass is 16.3. The molecular formula is C25H27N5O3. The second-order valence-electron chi connectivity index (χ2n) is 8.52. The van der Waals surface area contributed by atoms with Crippen LogP contribution in [-0.2, 0) is 13.1 Å². The minimum absolute atomic E-state index is 0.0550. The summed E-state index contributed by atoms with van der Waals surface area (Å²) in [6, 6.07) is 10.8. The van der Waals surface area contributed by atoms with Gasteiger partial charge in [0.2, 0.25) is 5.78 Å². The van der Waals surface area contributed by atoms with Crippen LogP contribution in [0.2, 0.25) is 0 Å². The van der Waals surface area contributed by atoms with Crippen LogP contribution in [0.15, 0.2) is 65.9 Å². The van der Waals surface area contributed by atoms with Gasteiger partial charge in [0.15, 0.2) is 0 Å². The number of allylic oxidation sites excluding steroid dienone is 1. The first-order valence-electron chi connectivity index (χ1n) is 10.8. The summed E-state index contributed by atoms with van der Waals surface area (Å²) < 4.78 is 1.59. The summed E-state index contributed by atoms with van der Waals surface area (Å²) in [5.74, 6) is -0.355. The van der Waals surface area contributed by atoms with Crippen LogP contribution in [0.5, 0.6) is 0 Å². The zero-order valence-electron chi connectivity index (χ0n) is 18.5. The van der Waals surface area contributed by atoms with Crippen molar-refractivity contribution in [3.63, 3.8) is 0 Å². The fraction of sp³-hybridized carbons (Fsp3) is 0.280. The number of aliphatic hydroxyl groups is 1.